The third-order valence-corrected chi connectivity index (χ3v) is 6.26. The molecule has 142 valence electrons. The van der Waals surface area contributed by atoms with E-state index >= 15 is 0 Å². The average molecular weight is 366 g/mol. The molecule has 1 saturated heterocycles. The van der Waals surface area contributed by atoms with Gasteiger partial charge in [0.1, 0.15) is 5.82 Å². The summed E-state index contributed by atoms with van der Waals surface area (Å²) in [6, 6.07) is 17.1. The highest BCUT2D eigenvalue weighted by molar-refractivity contribution is 5.89. The molecule has 1 aliphatic carbocycles. The lowest BCUT2D eigenvalue weighted by Gasteiger charge is -2.41. The maximum Gasteiger partial charge on any atom is 0.230 e. The van der Waals surface area contributed by atoms with Gasteiger partial charge in [-0.25, -0.2) is 4.39 Å². The van der Waals surface area contributed by atoms with Gasteiger partial charge in [-0.1, -0.05) is 48.9 Å². The topological polar surface area (TPSA) is 32.3 Å². The molecule has 1 N–H and O–H groups in total. The molecule has 1 saturated carbocycles. The highest BCUT2D eigenvalue weighted by Gasteiger charge is 2.45. The van der Waals surface area contributed by atoms with E-state index in [-0.39, 0.29) is 17.8 Å². The van der Waals surface area contributed by atoms with E-state index in [4.69, 9.17) is 0 Å². The summed E-state index contributed by atoms with van der Waals surface area (Å²) >= 11 is 0. The minimum absolute atomic E-state index is 0.0838. The number of amides is 1. The Morgan fingerprint density at radius 1 is 1.00 bits per heavy atom. The molecule has 2 aliphatic rings. The highest BCUT2D eigenvalue weighted by atomic mass is 19.1. The lowest BCUT2D eigenvalue weighted by molar-refractivity contribution is -0.130. The molecule has 2 aromatic carbocycles. The predicted molar refractivity (Wildman–Crippen MR) is 105 cm³/mol. The van der Waals surface area contributed by atoms with Crippen LogP contribution in [0.25, 0.3) is 0 Å². The summed E-state index contributed by atoms with van der Waals surface area (Å²) in [6.45, 7) is 2.78. The number of hydrogen-bond acceptors (Lipinski definition) is 2. The lowest BCUT2D eigenvalue weighted by Crippen LogP contribution is -2.51. The molecule has 3 nitrogen and oxygen atoms in total. The summed E-state index contributed by atoms with van der Waals surface area (Å²) in [5.41, 5.74) is 1.70. The number of carbonyl (C=O) groups excluding carboxylic acids is 1. The molecule has 1 atom stereocenters. The molecule has 0 aromatic heterocycles. The zero-order valence-corrected chi connectivity index (χ0v) is 15.7. The molecule has 1 unspecified atom stereocenters. The van der Waals surface area contributed by atoms with Gasteiger partial charge >= 0.3 is 0 Å². The maximum atomic E-state index is 13.3. The van der Waals surface area contributed by atoms with E-state index in [0.29, 0.717) is 6.54 Å². The van der Waals surface area contributed by atoms with E-state index in [0.717, 1.165) is 37.9 Å². The molecule has 2 fully saturated rings. The van der Waals surface area contributed by atoms with E-state index in [1.54, 1.807) is 12.1 Å². The van der Waals surface area contributed by atoms with Gasteiger partial charge in [-0.05, 0) is 62.0 Å². The Balaban J connectivity index is 1.49. The van der Waals surface area contributed by atoms with Gasteiger partial charge in [-0.3, -0.25) is 9.69 Å². The quantitative estimate of drug-likeness (QED) is 0.831. The Morgan fingerprint density at radius 3 is 2.26 bits per heavy atom. The number of hydrogen-bond donors (Lipinski definition) is 1. The van der Waals surface area contributed by atoms with Crippen LogP contribution in [0.5, 0.6) is 0 Å². The van der Waals surface area contributed by atoms with Crippen LogP contribution < -0.4 is 5.32 Å². The smallest absolute Gasteiger partial charge is 0.230 e. The lowest BCUT2D eigenvalue weighted by atomic mass is 9.64. The normalized spacial score (nSPS) is 20.0. The van der Waals surface area contributed by atoms with Crippen LogP contribution in [0.1, 0.15) is 49.3 Å². The SMILES string of the molecule is O=C(NCC(c1ccccc1)N1CCCC1)C1(c2ccc(F)cc2)CCC1. The van der Waals surface area contributed by atoms with Gasteiger partial charge in [0.2, 0.25) is 5.91 Å². The summed E-state index contributed by atoms with van der Waals surface area (Å²) in [7, 11) is 0. The first kappa shape index (κ1) is 18.2. The van der Waals surface area contributed by atoms with Crippen molar-refractivity contribution in [1.29, 1.82) is 0 Å². The van der Waals surface area contributed by atoms with Crippen molar-refractivity contribution in [3.63, 3.8) is 0 Å². The first-order chi connectivity index (χ1) is 13.2. The summed E-state index contributed by atoms with van der Waals surface area (Å²) < 4.78 is 13.3. The van der Waals surface area contributed by atoms with Crippen molar-refractivity contribution in [2.75, 3.05) is 19.6 Å². The van der Waals surface area contributed by atoms with Gasteiger partial charge in [0, 0.05) is 6.54 Å². The fourth-order valence-corrected chi connectivity index (χ4v) is 4.49. The van der Waals surface area contributed by atoms with E-state index < -0.39 is 5.41 Å². The molecule has 4 rings (SSSR count). The third-order valence-electron chi connectivity index (χ3n) is 6.26. The monoisotopic (exact) mass is 366 g/mol. The number of likely N-dealkylation sites (tertiary alicyclic amines) is 1. The standard InChI is InChI=1S/C23H27FN2O/c24-20-11-9-19(10-12-20)23(13-6-14-23)22(27)25-17-21(26-15-4-5-16-26)18-7-2-1-3-8-18/h1-3,7-12,21H,4-6,13-17H2,(H,25,27). The van der Waals surface area contributed by atoms with Gasteiger partial charge in [0.15, 0.2) is 0 Å². The fourth-order valence-electron chi connectivity index (χ4n) is 4.49. The van der Waals surface area contributed by atoms with Crippen LogP contribution in [0.4, 0.5) is 4.39 Å². The van der Waals surface area contributed by atoms with Crippen molar-refractivity contribution in [2.45, 2.75) is 43.6 Å². The number of benzene rings is 2. The van der Waals surface area contributed by atoms with Crippen LogP contribution in [0.2, 0.25) is 0 Å². The zero-order chi connectivity index (χ0) is 18.7. The minimum atomic E-state index is -0.486. The summed E-state index contributed by atoms with van der Waals surface area (Å²) in [5.74, 6) is -0.174. The largest absolute Gasteiger partial charge is 0.353 e. The number of rotatable bonds is 6. The van der Waals surface area contributed by atoms with Crippen LogP contribution >= 0.6 is 0 Å². The predicted octanol–water partition coefficient (Wildman–Crippen LogP) is 4.20. The molecule has 1 aliphatic heterocycles. The van der Waals surface area contributed by atoms with Gasteiger partial charge in [0.05, 0.1) is 11.5 Å². The number of carbonyl (C=O) groups is 1. The molecule has 4 heteroatoms. The molecule has 2 aromatic rings. The van der Waals surface area contributed by atoms with Gasteiger partial charge in [0.25, 0.3) is 0 Å². The second kappa shape index (κ2) is 7.81. The van der Waals surface area contributed by atoms with Crippen molar-refractivity contribution in [3.05, 3.63) is 71.5 Å². The van der Waals surface area contributed by atoms with Gasteiger partial charge < -0.3 is 5.32 Å². The first-order valence-electron chi connectivity index (χ1n) is 10.0. The van der Waals surface area contributed by atoms with E-state index in [9.17, 15) is 9.18 Å². The molecule has 0 spiro atoms. The molecular formula is C23H27FN2O. The van der Waals surface area contributed by atoms with Crippen LogP contribution in [-0.2, 0) is 10.2 Å². The Labute approximate surface area is 160 Å². The Morgan fingerprint density at radius 2 is 1.67 bits per heavy atom. The van der Waals surface area contributed by atoms with Gasteiger partial charge in [-0.2, -0.15) is 0 Å². The van der Waals surface area contributed by atoms with Gasteiger partial charge in [-0.15, -0.1) is 0 Å². The highest BCUT2D eigenvalue weighted by Crippen LogP contribution is 2.44. The Kier molecular flexibility index (Phi) is 5.26. The summed E-state index contributed by atoms with van der Waals surface area (Å²) in [5, 5.41) is 3.24. The molecule has 0 radical (unpaired) electrons. The summed E-state index contributed by atoms with van der Waals surface area (Å²) in [6.07, 6.45) is 5.15. The van der Waals surface area contributed by atoms with Crippen LogP contribution in [0.3, 0.4) is 0 Å². The first-order valence-corrected chi connectivity index (χ1v) is 10.0. The minimum Gasteiger partial charge on any atom is -0.353 e. The van der Waals surface area contributed by atoms with Crippen LogP contribution in [0, 0.1) is 5.82 Å². The Hall–Kier alpha value is -2.20. The molecule has 27 heavy (non-hydrogen) atoms. The second-order valence-corrected chi connectivity index (χ2v) is 7.82. The molecule has 1 amide bonds. The third kappa shape index (κ3) is 3.63. The average Bonchev–Trinajstić information content (AvgIpc) is 3.18. The number of nitrogens with one attached hydrogen (secondary N) is 1. The van der Waals surface area contributed by atoms with Crippen molar-refractivity contribution >= 4 is 5.91 Å². The molecule has 1 heterocycles. The van der Waals surface area contributed by atoms with Crippen molar-refractivity contribution in [1.82, 2.24) is 10.2 Å². The fraction of sp³-hybridized carbons (Fsp3) is 0.435. The van der Waals surface area contributed by atoms with E-state index in [1.807, 2.05) is 6.07 Å². The number of halogens is 1. The zero-order valence-electron chi connectivity index (χ0n) is 15.7. The maximum absolute atomic E-state index is 13.3. The van der Waals surface area contributed by atoms with E-state index in [2.05, 4.69) is 34.5 Å². The Bertz CT molecular complexity index is 765. The van der Waals surface area contributed by atoms with Crippen LogP contribution in [0.15, 0.2) is 54.6 Å². The summed E-state index contributed by atoms with van der Waals surface area (Å²) in [4.78, 5) is 15.6. The van der Waals surface area contributed by atoms with E-state index in [1.165, 1.54) is 30.5 Å². The van der Waals surface area contributed by atoms with Crippen molar-refractivity contribution in [3.8, 4) is 0 Å². The molecule has 0 bridgehead atoms. The van der Waals surface area contributed by atoms with Crippen molar-refractivity contribution < 1.29 is 9.18 Å². The van der Waals surface area contributed by atoms with Crippen molar-refractivity contribution in [2.24, 2.45) is 0 Å². The number of nitrogens with zero attached hydrogens (tertiary/aromatic N) is 1. The molecular weight excluding hydrogens is 339 g/mol. The van der Waals surface area contributed by atoms with Crippen LogP contribution in [-0.4, -0.2) is 30.4 Å². The second-order valence-electron chi connectivity index (χ2n) is 7.82.